The van der Waals surface area contributed by atoms with Crippen LogP contribution in [0.15, 0.2) is 12.5 Å². The third kappa shape index (κ3) is 1.01. The Labute approximate surface area is 68.8 Å². The van der Waals surface area contributed by atoms with Crippen LogP contribution in [0, 0.1) is 0 Å². The number of cyclic esters (lactones) is 1. The molecule has 0 amide bonds. The number of nitrogens with zero attached hydrogens (tertiary/aromatic N) is 1. The second-order valence-electron chi connectivity index (χ2n) is 2.59. The number of ether oxygens (including phenoxy) is 1. The molecule has 6 nitrogen and oxygen atoms in total. The fourth-order valence-electron chi connectivity index (χ4n) is 1.14. The average molecular weight is 171 g/mol. The minimum atomic E-state index is -0.641. The van der Waals surface area contributed by atoms with Crippen molar-refractivity contribution in [1.82, 2.24) is 10.6 Å². The standard InChI is InChI=1S/C6H9N3O3/c7-5-4(3-11-6(5)10)9-8-1-2-12-9/h1-2,4-5,8H,3,7H2. The molecule has 2 heterocycles. The van der Waals surface area contributed by atoms with Crippen LogP contribution in [-0.4, -0.2) is 29.8 Å². The number of hydroxylamine groups is 1. The molecule has 2 atom stereocenters. The maximum atomic E-state index is 10.9. The molecule has 0 aromatic carbocycles. The van der Waals surface area contributed by atoms with Gasteiger partial charge in [0.1, 0.15) is 25.0 Å². The molecule has 0 radical (unpaired) electrons. The highest BCUT2D eigenvalue weighted by molar-refractivity contribution is 5.78. The molecule has 0 bridgehead atoms. The zero-order valence-electron chi connectivity index (χ0n) is 6.27. The molecule has 1 saturated heterocycles. The zero-order chi connectivity index (χ0) is 8.55. The summed E-state index contributed by atoms with van der Waals surface area (Å²) >= 11 is 0. The molecule has 2 rings (SSSR count). The Bertz CT molecular complexity index is 222. The molecule has 0 aromatic heterocycles. The highest BCUT2D eigenvalue weighted by Gasteiger charge is 2.40. The van der Waals surface area contributed by atoms with Gasteiger partial charge in [0, 0.05) is 0 Å². The lowest BCUT2D eigenvalue weighted by Gasteiger charge is -2.21. The van der Waals surface area contributed by atoms with Crippen LogP contribution in [0.4, 0.5) is 0 Å². The van der Waals surface area contributed by atoms with E-state index in [4.69, 9.17) is 15.3 Å². The van der Waals surface area contributed by atoms with Crippen molar-refractivity contribution < 1.29 is 14.4 Å². The predicted molar refractivity (Wildman–Crippen MR) is 37.9 cm³/mol. The van der Waals surface area contributed by atoms with Gasteiger partial charge in [-0.1, -0.05) is 0 Å². The van der Waals surface area contributed by atoms with Crippen molar-refractivity contribution in [1.29, 1.82) is 0 Å². The summed E-state index contributed by atoms with van der Waals surface area (Å²) in [6.45, 7) is 0.259. The van der Waals surface area contributed by atoms with E-state index in [0.717, 1.165) is 0 Å². The lowest BCUT2D eigenvalue weighted by Crippen LogP contribution is -2.50. The second kappa shape index (κ2) is 2.65. The topological polar surface area (TPSA) is 76.8 Å². The Morgan fingerprint density at radius 3 is 3.08 bits per heavy atom. The van der Waals surface area contributed by atoms with E-state index in [1.807, 2.05) is 0 Å². The fraction of sp³-hybridized carbons (Fsp3) is 0.500. The van der Waals surface area contributed by atoms with Crippen molar-refractivity contribution in [2.75, 3.05) is 6.61 Å². The number of nitrogens with two attached hydrogens (primary N) is 1. The summed E-state index contributed by atoms with van der Waals surface area (Å²) in [5.41, 5.74) is 8.31. The van der Waals surface area contributed by atoms with Crippen LogP contribution in [0.25, 0.3) is 0 Å². The molecular formula is C6H9N3O3. The third-order valence-corrected chi connectivity index (χ3v) is 1.83. The van der Waals surface area contributed by atoms with Gasteiger partial charge in [-0.15, -0.1) is 0 Å². The summed E-state index contributed by atoms with van der Waals surface area (Å²) in [6, 6.07) is -0.898. The minimum absolute atomic E-state index is 0.257. The molecule has 12 heavy (non-hydrogen) atoms. The molecular weight excluding hydrogens is 162 g/mol. The summed E-state index contributed by atoms with van der Waals surface area (Å²) < 4.78 is 4.74. The van der Waals surface area contributed by atoms with Crippen LogP contribution in [-0.2, 0) is 14.4 Å². The number of carbonyl (C=O) groups is 1. The number of hydrogen-bond acceptors (Lipinski definition) is 6. The molecule has 3 N–H and O–H groups in total. The van der Waals surface area contributed by atoms with E-state index in [1.54, 1.807) is 6.20 Å². The van der Waals surface area contributed by atoms with Gasteiger partial charge in [0.25, 0.3) is 0 Å². The Morgan fingerprint density at radius 1 is 1.75 bits per heavy atom. The lowest BCUT2D eigenvalue weighted by molar-refractivity contribution is -0.149. The SMILES string of the molecule is NC1C(=O)OCC1N1NC=CO1. The summed E-state index contributed by atoms with van der Waals surface area (Å²) in [6.07, 6.45) is 3.07. The van der Waals surface area contributed by atoms with E-state index in [9.17, 15) is 4.79 Å². The van der Waals surface area contributed by atoms with Gasteiger partial charge >= 0.3 is 5.97 Å². The number of rotatable bonds is 1. The molecule has 0 aromatic rings. The summed E-state index contributed by atoms with van der Waals surface area (Å²) in [5, 5.41) is 1.40. The molecule has 2 unspecified atom stereocenters. The Kier molecular flexibility index (Phi) is 1.63. The smallest absolute Gasteiger partial charge is 0.324 e. The van der Waals surface area contributed by atoms with E-state index in [-0.39, 0.29) is 12.6 Å². The molecule has 1 fully saturated rings. The molecule has 0 saturated carbocycles. The van der Waals surface area contributed by atoms with Crippen molar-refractivity contribution in [2.45, 2.75) is 12.1 Å². The summed E-state index contributed by atoms with van der Waals surface area (Å²) in [7, 11) is 0. The van der Waals surface area contributed by atoms with Gasteiger partial charge in [0.05, 0.1) is 6.20 Å². The number of carbonyl (C=O) groups excluding carboxylic acids is 1. The zero-order valence-corrected chi connectivity index (χ0v) is 6.27. The second-order valence-corrected chi connectivity index (χ2v) is 2.59. The number of hydrazine groups is 1. The Hall–Kier alpha value is -1.27. The van der Waals surface area contributed by atoms with Gasteiger partial charge in [-0.3, -0.25) is 10.2 Å². The van der Waals surface area contributed by atoms with E-state index >= 15 is 0 Å². The van der Waals surface area contributed by atoms with E-state index < -0.39 is 12.0 Å². The number of hydrogen-bond donors (Lipinski definition) is 2. The first-order chi connectivity index (χ1) is 5.79. The maximum Gasteiger partial charge on any atom is 0.324 e. The highest BCUT2D eigenvalue weighted by Crippen LogP contribution is 2.13. The molecule has 0 spiro atoms. The van der Waals surface area contributed by atoms with Gasteiger partial charge in [-0.05, 0) is 5.17 Å². The van der Waals surface area contributed by atoms with E-state index in [2.05, 4.69) is 5.43 Å². The quantitative estimate of drug-likeness (QED) is 0.466. The van der Waals surface area contributed by atoms with Crippen molar-refractivity contribution in [2.24, 2.45) is 5.73 Å². The molecule has 6 heteroatoms. The summed E-state index contributed by atoms with van der Waals surface area (Å²) in [4.78, 5) is 15.8. The van der Waals surface area contributed by atoms with Crippen molar-refractivity contribution in [3.63, 3.8) is 0 Å². The van der Waals surface area contributed by atoms with Crippen molar-refractivity contribution >= 4 is 5.97 Å². The molecule has 2 aliphatic rings. The van der Waals surface area contributed by atoms with Crippen LogP contribution < -0.4 is 11.2 Å². The fourth-order valence-corrected chi connectivity index (χ4v) is 1.14. The maximum absolute atomic E-state index is 10.9. The average Bonchev–Trinajstić information content (AvgIpc) is 2.64. The van der Waals surface area contributed by atoms with Crippen LogP contribution in [0.1, 0.15) is 0 Å². The van der Waals surface area contributed by atoms with Crippen LogP contribution in [0.5, 0.6) is 0 Å². The minimum Gasteiger partial charge on any atom is -0.463 e. The van der Waals surface area contributed by atoms with Crippen LogP contribution in [0.3, 0.4) is 0 Å². The predicted octanol–water partition coefficient (Wildman–Crippen LogP) is -1.54. The van der Waals surface area contributed by atoms with Crippen molar-refractivity contribution in [3.05, 3.63) is 12.5 Å². The third-order valence-electron chi connectivity index (χ3n) is 1.83. The van der Waals surface area contributed by atoms with E-state index in [0.29, 0.717) is 0 Å². The van der Waals surface area contributed by atoms with Gasteiger partial charge in [0.15, 0.2) is 0 Å². The van der Waals surface area contributed by atoms with Crippen LogP contribution >= 0.6 is 0 Å². The van der Waals surface area contributed by atoms with Gasteiger partial charge in [-0.25, -0.2) is 0 Å². The summed E-state index contributed by atoms with van der Waals surface area (Å²) in [5.74, 6) is -0.391. The number of nitrogens with one attached hydrogen (secondary N) is 1. The van der Waals surface area contributed by atoms with Gasteiger partial charge in [-0.2, -0.15) is 0 Å². The number of esters is 1. The highest BCUT2D eigenvalue weighted by atomic mass is 16.7. The molecule has 2 aliphatic heterocycles. The normalized spacial score (nSPS) is 34.6. The van der Waals surface area contributed by atoms with E-state index in [1.165, 1.54) is 11.4 Å². The van der Waals surface area contributed by atoms with Gasteiger partial charge in [0.2, 0.25) is 0 Å². The largest absolute Gasteiger partial charge is 0.463 e. The Balaban J connectivity index is 2.00. The van der Waals surface area contributed by atoms with Crippen LogP contribution in [0.2, 0.25) is 0 Å². The Morgan fingerprint density at radius 2 is 2.58 bits per heavy atom. The lowest BCUT2D eigenvalue weighted by atomic mass is 10.2. The molecule has 0 aliphatic carbocycles. The van der Waals surface area contributed by atoms with Crippen molar-refractivity contribution in [3.8, 4) is 0 Å². The monoisotopic (exact) mass is 171 g/mol. The first-order valence-corrected chi connectivity index (χ1v) is 3.58. The molecule has 66 valence electrons. The first-order valence-electron chi connectivity index (χ1n) is 3.58. The first kappa shape index (κ1) is 7.38. The van der Waals surface area contributed by atoms with Gasteiger partial charge < -0.3 is 15.3 Å².